The molecule has 3 heterocycles. The summed E-state index contributed by atoms with van der Waals surface area (Å²) in [5.74, 6) is -0.405. The van der Waals surface area contributed by atoms with Gasteiger partial charge in [0.15, 0.2) is 0 Å². The number of carbonyl (C=O) groups excluding carboxylic acids is 2. The number of aromatic nitrogens is 1. The molecule has 32 heavy (non-hydrogen) atoms. The highest BCUT2D eigenvalue weighted by molar-refractivity contribution is 7.21. The molecule has 1 aromatic carbocycles. The monoisotopic (exact) mass is 451 g/mol. The SMILES string of the molecule is CC(=O)Nc1c(C(=O)NC(C)CCc2ccccc2)sc2nc3c(cc12)COC(C)(C)C3. The molecule has 0 spiro atoms. The van der Waals surface area contributed by atoms with Crippen molar-refractivity contribution in [3.63, 3.8) is 0 Å². The largest absolute Gasteiger partial charge is 0.370 e. The highest BCUT2D eigenvalue weighted by Gasteiger charge is 2.29. The molecule has 2 N–H and O–H groups in total. The van der Waals surface area contributed by atoms with Crippen molar-refractivity contribution in [2.75, 3.05) is 5.32 Å². The van der Waals surface area contributed by atoms with E-state index in [2.05, 4.69) is 36.6 Å². The predicted octanol–water partition coefficient (Wildman–Crippen LogP) is 4.86. The van der Waals surface area contributed by atoms with E-state index in [0.29, 0.717) is 23.6 Å². The predicted molar refractivity (Wildman–Crippen MR) is 128 cm³/mol. The summed E-state index contributed by atoms with van der Waals surface area (Å²) in [6, 6.07) is 12.2. The fraction of sp³-hybridized carbons (Fsp3) is 0.400. The van der Waals surface area contributed by atoms with E-state index in [4.69, 9.17) is 9.72 Å². The van der Waals surface area contributed by atoms with E-state index in [9.17, 15) is 9.59 Å². The lowest BCUT2D eigenvalue weighted by Crippen LogP contribution is -2.33. The number of carbonyl (C=O) groups is 2. The maximum absolute atomic E-state index is 13.2. The van der Waals surface area contributed by atoms with Crippen LogP contribution in [0, 0.1) is 0 Å². The van der Waals surface area contributed by atoms with Gasteiger partial charge in [0.05, 0.1) is 23.6 Å². The van der Waals surface area contributed by atoms with Crippen molar-refractivity contribution in [1.82, 2.24) is 10.3 Å². The van der Waals surface area contributed by atoms with Crippen LogP contribution in [0.2, 0.25) is 0 Å². The Morgan fingerprint density at radius 2 is 2.00 bits per heavy atom. The summed E-state index contributed by atoms with van der Waals surface area (Å²) >= 11 is 1.32. The van der Waals surface area contributed by atoms with E-state index >= 15 is 0 Å². The van der Waals surface area contributed by atoms with Crippen molar-refractivity contribution in [2.24, 2.45) is 0 Å². The number of amides is 2. The number of pyridine rings is 1. The van der Waals surface area contributed by atoms with Gasteiger partial charge in [-0.3, -0.25) is 9.59 Å². The topological polar surface area (TPSA) is 80.3 Å². The molecule has 2 aromatic heterocycles. The van der Waals surface area contributed by atoms with E-state index in [1.807, 2.05) is 31.2 Å². The maximum Gasteiger partial charge on any atom is 0.263 e. The number of fused-ring (bicyclic) bond motifs is 2. The second-order valence-corrected chi connectivity index (χ2v) is 10.1. The van der Waals surface area contributed by atoms with E-state index < -0.39 is 0 Å². The molecule has 0 saturated heterocycles. The van der Waals surface area contributed by atoms with Crippen LogP contribution in [0.3, 0.4) is 0 Å². The van der Waals surface area contributed by atoms with Crippen LogP contribution >= 0.6 is 11.3 Å². The second-order valence-electron chi connectivity index (χ2n) is 9.06. The second kappa shape index (κ2) is 9.00. The summed E-state index contributed by atoms with van der Waals surface area (Å²) in [6.45, 7) is 8.02. The number of aryl methyl sites for hydroxylation is 1. The van der Waals surface area contributed by atoms with Crippen LogP contribution < -0.4 is 10.6 Å². The van der Waals surface area contributed by atoms with Gasteiger partial charge in [0.1, 0.15) is 9.71 Å². The first-order valence-corrected chi connectivity index (χ1v) is 11.7. The van der Waals surface area contributed by atoms with Crippen molar-refractivity contribution in [3.8, 4) is 0 Å². The van der Waals surface area contributed by atoms with Crippen LogP contribution in [-0.4, -0.2) is 28.4 Å². The minimum absolute atomic E-state index is 0.00606. The Morgan fingerprint density at radius 3 is 2.72 bits per heavy atom. The highest BCUT2D eigenvalue weighted by atomic mass is 32.1. The molecule has 168 valence electrons. The van der Waals surface area contributed by atoms with Gasteiger partial charge in [0.25, 0.3) is 5.91 Å². The summed E-state index contributed by atoms with van der Waals surface area (Å²) < 4.78 is 5.93. The zero-order valence-corrected chi connectivity index (χ0v) is 19.8. The van der Waals surface area contributed by atoms with Crippen LogP contribution in [0.5, 0.6) is 0 Å². The molecule has 1 unspecified atom stereocenters. The summed E-state index contributed by atoms with van der Waals surface area (Å²) in [5, 5.41) is 6.74. The summed E-state index contributed by atoms with van der Waals surface area (Å²) in [7, 11) is 0. The van der Waals surface area contributed by atoms with Gasteiger partial charge in [0, 0.05) is 30.3 Å². The number of hydrogen-bond acceptors (Lipinski definition) is 5. The number of ether oxygens (including phenoxy) is 1. The first kappa shape index (κ1) is 22.4. The number of hydrogen-bond donors (Lipinski definition) is 2. The summed E-state index contributed by atoms with van der Waals surface area (Å²) in [4.78, 5) is 31.1. The summed E-state index contributed by atoms with van der Waals surface area (Å²) in [6.07, 6.45) is 2.43. The fourth-order valence-corrected chi connectivity index (χ4v) is 4.99. The van der Waals surface area contributed by atoms with Crippen LogP contribution in [-0.2, 0) is 29.0 Å². The Kier molecular flexibility index (Phi) is 6.31. The lowest BCUT2D eigenvalue weighted by Gasteiger charge is -2.31. The van der Waals surface area contributed by atoms with Crippen LogP contribution in [0.25, 0.3) is 10.2 Å². The molecular weight excluding hydrogens is 422 g/mol. The van der Waals surface area contributed by atoms with Crippen molar-refractivity contribution in [3.05, 3.63) is 58.1 Å². The van der Waals surface area contributed by atoms with Crippen molar-refractivity contribution in [1.29, 1.82) is 0 Å². The van der Waals surface area contributed by atoms with Gasteiger partial charge < -0.3 is 15.4 Å². The fourth-order valence-electron chi connectivity index (χ4n) is 3.96. The molecule has 0 radical (unpaired) electrons. The third-order valence-corrected chi connectivity index (χ3v) is 6.75. The average molecular weight is 452 g/mol. The molecule has 1 atom stereocenters. The first-order chi connectivity index (χ1) is 15.2. The number of thiophene rings is 1. The molecule has 0 fully saturated rings. The molecule has 2 amide bonds. The van der Waals surface area contributed by atoms with Gasteiger partial charge in [-0.15, -0.1) is 11.3 Å². The molecule has 0 saturated carbocycles. The van der Waals surface area contributed by atoms with E-state index in [1.54, 1.807) is 0 Å². The number of benzene rings is 1. The minimum Gasteiger partial charge on any atom is -0.370 e. The lowest BCUT2D eigenvalue weighted by molar-refractivity contribution is -0.114. The number of anilines is 1. The van der Waals surface area contributed by atoms with Gasteiger partial charge in [-0.2, -0.15) is 0 Å². The number of nitrogens with one attached hydrogen (secondary N) is 2. The quantitative estimate of drug-likeness (QED) is 0.561. The Labute approximate surface area is 192 Å². The van der Waals surface area contributed by atoms with E-state index in [1.165, 1.54) is 23.8 Å². The smallest absolute Gasteiger partial charge is 0.263 e. The van der Waals surface area contributed by atoms with Gasteiger partial charge in [0.2, 0.25) is 5.91 Å². The van der Waals surface area contributed by atoms with Crippen molar-refractivity contribution >= 4 is 39.1 Å². The Bertz CT molecular complexity index is 1150. The van der Waals surface area contributed by atoms with Crippen molar-refractivity contribution < 1.29 is 14.3 Å². The van der Waals surface area contributed by atoms with Crippen LogP contribution in [0.4, 0.5) is 5.69 Å². The molecule has 1 aliphatic heterocycles. The maximum atomic E-state index is 13.2. The normalized spacial score (nSPS) is 15.8. The van der Waals surface area contributed by atoms with E-state index in [0.717, 1.165) is 34.3 Å². The lowest BCUT2D eigenvalue weighted by atomic mass is 9.95. The Morgan fingerprint density at radius 1 is 1.25 bits per heavy atom. The summed E-state index contributed by atoms with van der Waals surface area (Å²) in [5.41, 5.74) is 3.51. The van der Waals surface area contributed by atoms with Crippen molar-refractivity contribution in [2.45, 2.75) is 65.2 Å². The standard InChI is InChI=1S/C25H29N3O3S/c1-15(10-11-17-8-6-5-7-9-17)26-23(30)22-21(27-16(2)29)19-12-18-14-31-25(3,4)13-20(18)28-24(19)32-22/h5-9,12,15H,10-11,13-14H2,1-4H3,(H,26,30)(H,27,29). The minimum atomic E-state index is -0.264. The van der Waals surface area contributed by atoms with Crippen LogP contribution in [0.15, 0.2) is 36.4 Å². The third kappa shape index (κ3) is 5.00. The zero-order valence-electron chi connectivity index (χ0n) is 19.0. The molecule has 7 heteroatoms. The molecule has 3 aromatic rings. The molecule has 0 bridgehead atoms. The first-order valence-electron chi connectivity index (χ1n) is 10.9. The molecule has 1 aliphatic rings. The highest BCUT2D eigenvalue weighted by Crippen LogP contribution is 2.38. The molecule has 6 nitrogen and oxygen atoms in total. The number of nitrogens with zero attached hydrogens (tertiary/aromatic N) is 1. The van der Waals surface area contributed by atoms with Gasteiger partial charge in [-0.1, -0.05) is 30.3 Å². The molecular formula is C25H29N3O3S. The Balaban J connectivity index is 1.59. The Hall–Kier alpha value is -2.77. The van der Waals surface area contributed by atoms with Crippen LogP contribution in [0.1, 0.15) is 60.6 Å². The van der Waals surface area contributed by atoms with Gasteiger partial charge in [-0.05, 0) is 45.2 Å². The van der Waals surface area contributed by atoms with E-state index in [-0.39, 0.29) is 23.5 Å². The zero-order chi connectivity index (χ0) is 22.9. The number of rotatable bonds is 6. The van der Waals surface area contributed by atoms with Gasteiger partial charge >= 0.3 is 0 Å². The van der Waals surface area contributed by atoms with Gasteiger partial charge in [-0.25, -0.2) is 4.98 Å². The third-order valence-electron chi connectivity index (χ3n) is 5.66. The molecule has 0 aliphatic carbocycles. The molecule has 4 rings (SSSR count). The average Bonchev–Trinajstić information content (AvgIpc) is 3.07.